The SMILES string of the molecule is CC(CC(NC=O)C1=CCC(O)(OCc2ccccc2)C=C1)NCC(=O)c1ccccc1. The van der Waals surface area contributed by atoms with Gasteiger partial charge in [0.2, 0.25) is 6.41 Å². The fourth-order valence-corrected chi connectivity index (χ4v) is 3.59. The lowest BCUT2D eigenvalue weighted by atomic mass is 9.93. The summed E-state index contributed by atoms with van der Waals surface area (Å²) in [6.07, 6.45) is 6.86. The average Bonchev–Trinajstić information content (AvgIpc) is 2.83. The van der Waals surface area contributed by atoms with E-state index in [2.05, 4.69) is 10.6 Å². The van der Waals surface area contributed by atoms with Crippen molar-refractivity contribution < 1.29 is 19.4 Å². The molecule has 0 bridgehead atoms. The summed E-state index contributed by atoms with van der Waals surface area (Å²) in [5.41, 5.74) is 2.55. The molecule has 0 radical (unpaired) electrons. The van der Waals surface area contributed by atoms with Crippen LogP contribution in [0.5, 0.6) is 0 Å². The Morgan fingerprint density at radius 1 is 1.16 bits per heavy atom. The third-order valence-electron chi connectivity index (χ3n) is 5.47. The van der Waals surface area contributed by atoms with Gasteiger partial charge >= 0.3 is 0 Å². The number of Topliss-reactive ketones (excluding diaryl/α,β-unsaturated/α-hetero) is 1. The van der Waals surface area contributed by atoms with Gasteiger partial charge in [-0.05, 0) is 30.6 Å². The van der Waals surface area contributed by atoms with Crippen molar-refractivity contribution in [2.75, 3.05) is 6.54 Å². The zero-order valence-electron chi connectivity index (χ0n) is 18.2. The van der Waals surface area contributed by atoms with E-state index in [4.69, 9.17) is 4.74 Å². The molecule has 3 N–H and O–H groups in total. The first-order valence-electron chi connectivity index (χ1n) is 10.8. The fourth-order valence-electron chi connectivity index (χ4n) is 3.59. The van der Waals surface area contributed by atoms with Crippen LogP contribution < -0.4 is 10.6 Å². The van der Waals surface area contributed by atoms with Gasteiger partial charge in [0, 0.05) is 18.0 Å². The zero-order chi connectivity index (χ0) is 22.8. The van der Waals surface area contributed by atoms with Crippen LogP contribution in [-0.4, -0.2) is 41.7 Å². The van der Waals surface area contributed by atoms with E-state index in [-0.39, 0.29) is 30.8 Å². The van der Waals surface area contributed by atoms with E-state index in [0.29, 0.717) is 25.0 Å². The molecule has 32 heavy (non-hydrogen) atoms. The van der Waals surface area contributed by atoms with E-state index >= 15 is 0 Å². The summed E-state index contributed by atoms with van der Waals surface area (Å²) < 4.78 is 5.72. The Morgan fingerprint density at radius 2 is 1.84 bits per heavy atom. The molecule has 0 saturated carbocycles. The van der Waals surface area contributed by atoms with Crippen LogP contribution in [0, 0.1) is 0 Å². The molecule has 2 aromatic carbocycles. The first-order chi connectivity index (χ1) is 15.5. The number of nitrogens with one attached hydrogen (secondary N) is 2. The van der Waals surface area contributed by atoms with E-state index in [9.17, 15) is 14.7 Å². The Bertz CT molecular complexity index is 943. The summed E-state index contributed by atoms with van der Waals surface area (Å²) >= 11 is 0. The van der Waals surface area contributed by atoms with Gasteiger partial charge in [0.15, 0.2) is 11.6 Å². The predicted molar refractivity (Wildman–Crippen MR) is 124 cm³/mol. The van der Waals surface area contributed by atoms with Gasteiger partial charge in [-0.1, -0.05) is 72.8 Å². The standard InChI is InChI=1S/C26H30N2O4/c1-20(27-17-25(30)23-10-6-3-7-11-23)16-24(28-19-29)22-12-14-26(31,15-13-22)32-18-21-8-4-2-5-9-21/h2-14,19-20,24,27,31H,15-18H2,1H3,(H,28,29). The van der Waals surface area contributed by atoms with Crippen molar-refractivity contribution in [3.8, 4) is 0 Å². The van der Waals surface area contributed by atoms with Crippen molar-refractivity contribution in [2.24, 2.45) is 0 Å². The molecule has 1 aliphatic rings. The van der Waals surface area contributed by atoms with Crippen molar-refractivity contribution in [3.05, 3.63) is 95.6 Å². The van der Waals surface area contributed by atoms with Gasteiger partial charge in [0.25, 0.3) is 0 Å². The molecule has 1 aliphatic carbocycles. The molecule has 1 amide bonds. The van der Waals surface area contributed by atoms with Gasteiger partial charge < -0.3 is 20.5 Å². The summed E-state index contributed by atoms with van der Waals surface area (Å²) in [5, 5.41) is 16.8. The number of hydrogen-bond acceptors (Lipinski definition) is 5. The molecule has 0 aliphatic heterocycles. The highest BCUT2D eigenvalue weighted by molar-refractivity contribution is 5.97. The van der Waals surface area contributed by atoms with Crippen LogP contribution in [0.25, 0.3) is 0 Å². The first kappa shape index (κ1) is 23.6. The van der Waals surface area contributed by atoms with Gasteiger partial charge in [0.1, 0.15) is 0 Å². The lowest BCUT2D eigenvalue weighted by Gasteiger charge is -2.30. The van der Waals surface area contributed by atoms with Crippen LogP contribution >= 0.6 is 0 Å². The quantitative estimate of drug-likeness (QED) is 0.271. The van der Waals surface area contributed by atoms with Gasteiger partial charge in [-0.2, -0.15) is 0 Å². The highest BCUT2D eigenvalue weighted by atomic mass is 16.6. The second-order valence-electron chi connectivity index (χ2n) is 8.00. The molecule has 0 spiro atoms. The number of ether oxygens (including phenoxy) is 1. The van der Waals surface area contributed by atoms with Crippen molar-refractivity contribution in [1.82, 2.24) is 10.6 Å². The number of hydrogen-bond donors (Lipinski definition) is 3. The minimum Gasteiger partial charge on any atom is -0.362 e. The molecule has 0 aromatic heterocycles. The maximum atomic E-state index is 12.3. The lowest BCUT2D eigenvalue weighted by Crippen LogP contribution is -2.40. The number of carbonyl (C=O) groups is 2. The van der Waals surface area contributed by atoms with Crippen LogP contribution in [-0.2, 0) is 16.1 Å². The van der Waals surface area contributed by atoms with E-state index in [1.165, 1.54) is 0 Å². The van der Waals surface area contributed by atoms with Gasteiger partial charge in [-0.3, -0.25) is 9.59 Å². The van der Waals surface area contributed by atoms with E-state index in [0.717, 1.165) is 11.1 Å². The molecule has 0 saturated heterocycles. The molecule has 0 fully saturated rings. The van der Waals surface area contributed by atoms with Crippen LogP contribution in [0.1, 0.15) is 35.7 Å². The second-order valence-corrected chi connectivity index (χ2v) is 8.00. The Balaban J connectivity index is 1.52. The minimum absolute atomic E-state index is 0.00967. The van der Waals surface area contributed by atoms with Crippen LogP contribution in [0.2, 0.25) is 0 Å². The van der Waals surface area contributed by atoms with Crippen LogP contribution in [0.4, 0.5) is 0 Å². The maximum absolute atomic E-state index is 12.3. The van der Waals surface area contributed by atoms with Crippen molar-refractivity contribution in [1.29, 1.82) is 0 Å². The third-order valence-corrected chi connectivity index (χ3v) is 5.47. The summed E-state index contributed by atoms with van der Waals surface area (Å²) in [4.78, 5) is 23.5. The van der Waals surface area contributed by atoms with Crippen LogP contribution in [0.15, 0.2) is 84.5 Å². The van der Waals surface area contributed by atoms with Gasteiger partial charge in [-0.15, -0.1) is 0 Å². The van der Waals surface area contributed by atoms with Gasteiger partial charge in [0.05, 0.1) is 19.2 Å². The minimum atomic E-state index is -1.38. The average molecular weight is 435 g/mol. The molecule has 6 nitrogen and oxygen atoms in total. The number of benzene rings is 2. The van der Waals surface area contributed by atoms with Crippen molar-refractivity contribution in [3.63, 3.8) is 0 Å². The molecule has 3 atom stereocenters. The molecule has 2 aromatic rings. The van der Waals surface area contributed by atoms with Gasteiger partial charge in [-0.25, -0.2) is 0 Å². The van der Waals surface area contributed by atoms with E-state index in [1.54, 1.807) is 24.3 Å². The van der Waals surface area contributed by atoms with Crippen LogP contribution in [0.3, 0.4) is 0 Å². The molecule has 6 heteroatoms. The molecule has 3 unspecified atom stereocenters. The largest absolute Gasteiger partial charge is 0.362 e. The Labute approximate surface area is 189 Å². The highest BCUT2D eigenvalue weighted by Crippen LogP contribution is 2.26. The lowest BCUT2D eigenvalue weighted by molar-refractivity contribution is -0.172. The van der Waals surface area contributed by atoms with Crippen molar-refractivity contribution >= 4 is 12.2 Å². The topological polar surface area (TPSA) is 87.7 Å². The van der Waals surface area contributed by atoms with E-state index < -0.39 is 5.79 Å². The van der Waals surface area contributed by atoms with Crippen molar-refractivity contribution in [2.45, 2.75) is 44.2 Å². The molecular formula is C26H30N2O4. The smallest absolute Gasteiger partial charge is 0.207 e. The number of rotatable bonds is 12. The Hall–Kier alpha value is -3.06. The third kappa shape index (κ3) is 6.99. The number of ketones is 1. The number of carbonyl (C=O) groups excluding carboxylic acids is 2. The monoisotopic (exact) mass is 434 g/mol. The Morgan fingerprint density at radius 3 is 2.47 bits per heavy atom. The van der Waals surface area contributed by atoms with E-state index in [1.807, 2.05) is 61.5 Å². The predicted octanol–water partition coefficient (Wildman–Crippen LogP) is 3.14. The summed E-state index contributed by atoms with van der Waals surface area (Å²) in [6, 6.07) is 18.6. The number of amides is 1. The fraction of sp³-hybridized carbons (Fsp3) is 0.308. The first-order valence-corrected chi connectivity index (χ1v) is 10.8. The summed E-state index contributed by atoms with van der Waals surface area (Å²) in [5.74, 6) is -1.36. The maximum Gasteiger partial charge on any atom is 0.207 e. The molecule has 168 valence electrons. The summed E-state index contributed by atoms with van der Waals surface area (Å²) in [6.45, 7) is 2.50. The molecule has 0 heterocycles. The molecule has 3 rings (SSSR count). The molecular weight excluding hydrogens is 404 g/mol. The number of aliphatic hydroxyl groups is 1. The summed E-state index contributed by atoms with van der Waals surface area (Å²) in [7, 11) is 0. The normalized spacial score (nSPS) is 19.6. The Kier molecular flexibility index (Phi) is 8.50. The highest BCUT2D eigenvalue weighted by Gasteiger charge is 2.28. The zero-order valence-corrected chi connectivity index (χ0v) is 18.2. The second kappa shape index (κ2) is 11.5.